The summed E-state index contributed by atoms with van der Waals surface area (Å²) in [6.45, 7) is 0. The average molecular weight is 610 g/mol. The van der Waals surface area contributed by atoms with Gasteiger partial charge in [-0.15, -0.1) is 0 Å². The van der Waals surface area contributed by atoms with E-state index in [1.54, 1.807) is 0 Å². The molecule has 0 spiro atoms. The average Bonchev–Trinajstić information content (AvgIpc) is 3.01. The molecule has 0 saturated carbocycles. The van der Waals surface area contributed by atoms with Crippen molar-refractivity contribution in [2.45, 2.75) is 0 Å². The molecule has 5 aromatic carbocycles. The van der Waals surface area contributed by atoms with Gasteiger partial charge in [0.1, 0.15) is 34.6 Å². The van der Waals surface area contributed by atoms with Crippen molar-refractivity contribution in [1.29, 1.82) is 0 Å². The molecule has 12 heteroatoms. The fraction of sp³-hybridized carbons (Fsp3) is 0. The fourth-order valence-electron chi connectivity index (χ4n) is 3.71. The summed E-state index contributed by atoms with van der Waals surface area (Å²) in [4.78, 5) is 24.5. The third-order valence-electron chi connectivity index (χ3n) is 5.81. The molecule has 0 N–H and O–H groups in total. The number of esters is 2. The van der Waals surface area contributed by atoms with Gasteiger partial charge in [0, 0.05) is 12.1 Å². The zero-order chi connectivity index (χ0) is 31.4. The van der Waals surface area contributed by atoms with Gasteiger partial charge in [0.15, 0.2) is 0 Å². The summed E-state index contributed by atoms with van der Waals surface area (Å²) in [6.07, 6.45) is 0. The van der Waals surface area contributed by atoms with Gasteiger partial charge in [0.05, 0.1) is 11.1 Å². The van der Waals surface area contributed by atoms with Crippen molar-refractivity contribution >= 4 is 11.9 Å². The summed E-state index contributed by atoms with van der Waals surface area (Å²) < 4.78 is 106. The maximum atomic E-state index is 14.9. The van der Waals surface area contributed by atoms with E-state index in [0.29, 0.717) is 0 Å². The SMILES string of the molecule is O=C(Oc1cccc(Oc2c(F)c(F)c(Oc3cccc(OC(=O)c4ccc(F)cc4)c3)c(F)c2F)c1)c1ccc(F)cc1. The Balaban J connectivity index is 1.33. The molecule has 0 aliphatic carbocycles. The highest BCUT2D eigenvalue weighted by atomic mass is 19.2. The summed E-state index contributed by atoms with van der Waals surface area (Å²) in [5, 5.41) is 0. The third-order valence-corrected chi connectivity index (χ3v) is 5.81. The molecule has 0 aliphatic rings. The molecule has 0 aromatic heterocycles. The minimum atomic E-state index is -1.94. The van der Waals surface area contributed by atoms with Crippen LogP contribution in [0, 0.1) is 34.9 Å². The predicted octanol–water partition coefficient (Wildman–Crippen LogP) is 8.54. The monoisotopic (exact) mass is 610 g/mol. The molecule has 0 fully saturated rings. The molecular formula is C32H16F6O6. The van der Waals surface area contributed by atoms with Crippen molar-refractivity contribution in [3.63, 3.8) is 0 Å². The van der Waals surface area contributed by atoms with Crippen molar-refractivity contribution in [3.05, 3.63) is 143 Å². The van der Waals surface area contributed by atoms with Crippen molar-refractivity contribution in [2.24, 2.45) is 0 Å². The lowest BCUT2D eigenvalue weighted by molar-refractivity contribution is 0.0724. The Morgan fingerprint density at radius 2 is 0.750 bits per heavy atom. The molecule has 0 unspecified atom stereocenters. The molecule has 0 atom stereocenters. The lowest BCUT2D eigenvalue weighted by Crippen LogP contribution is -2.08. The summed E-state index contributed by atoms with van der Waals surface area (Å²) >= 11 is 0. The Bertz CT molecular complexity index is 1690. The van der Waals surface area contributed by atoms with E-state index in [2.05, 4.69) is 0 Å². The van der Waals surface area contributed by atoms with E-state index in [0.717, 1.165) is 36.4 Å². The van der Waals surface area contributed by atoms with Gasteiger partial charge in [-0.05, 0) is 72.8 Å². The smallest absolute Gasteiger partial charge is 0.343 e. The number of benzene rings is 5. The van der Waals surface area contributed by atoms with E-state index in [1.165, 1.54) is 60.7 Å². The molecule has 0 heterocycles. The van der Waals surface area contributed by atoms with Gasteiger partial charge >= 0.3 is 11.9 Å². The van der Waals surface area contributed by atoms with E-state index >= 15 is 0 Å². The highest BCUT2D eigenvalue weighted by Crippen LogP contribution is 2.39. The van der Waals surface area contributed by atoms with Gasteiger partial charge in [-0.1, -0.05) is 12.1 Å². The van der Waals surface area contributed by atoms with E-state index in [1.807, 2.05) is 0 Å². The Morgan fingerprint density at radius 1 is 0.432 bits per heavy atom. The van der Waals surface area contributed by atoms with Crippen LogP contribution in [0.15, 0.2) is 97.1 Å². The normalized spacial score (nSPS) is 10.7. The highest BCUT2D eigenvalue weighted by molar-refractivity contribution is 5.91. The maximum absolute atomic E-state index is 14.9. The number of hydrogen-bond acceptors (Lipinski definition) is 6. The summed E-state index contributed by atoms with van der Waals surface area (Å²) in [5.41, 5.74) is 0.0113. The topological polar surface area (TPSA) is 71.1 Å². The predicted molar refractivity (Wildman–Crippen MR) is 142 cm³/mol. The largest absolute Gasteiger partial charge is 0.451 e. The molecular weight excluding hydrogens is 594 g/mol. The van der Waals surface area contributed by atoms with Crippen molar-refractivity contribution < 1.29 is 54.9 Å². The van der Waals surface area contributed by atoms with Crippen molar-refractivity contribution in [1.82, 2.24) is 0 Å². The number of hydrogen-bond donors (Lipinski definition) is 0. The second-order valence-corrected chi connectivity index (χ2v) is 8.86. The van der Waals surface area contributed by atoms with E-state index in [4.69, 9.17) is 18.9 Å². The zero-order valence-corrected chi connectivity index (χ0v) is 22.0. The van der Waals surface area contributed by atoms with Gasteiger partial charge < -0.3 is 18.9 Å². The summed E-state index contributed by atoms with van der Waals surface area (Å²) in [6, 6.07) is 18.4. The Hall–Kier alpha value is -5.78. The van der Waals surface area contributed by atoms with E-state index < -0.39 is 58.3 Å². The second-order valence-electron chi connectivity index (χ2n) is 8.86. The molecule has 5 rings (SSSR count). The van der Waals surface area contributed by atoms with Gasteiger partial charge in [0.2, 0.25) is 34.8 Å². The van der Waals surface area contributed by atoms with Gasteiger partial charge in [0.25, 0.3) is 0 Å². The van der Waals surface area contributed by atoms with E-state index in [-0.39, 0.29) is 34.1 Å². The minimum Gasteiger partial charge on any atom is -0.451 e. The molecule has 44 heavy (non-hydrogen) atoms. The third kappa shape index (κ3) is 6.65. The first-order valence-electron chi connectivity index (χ1n) is 12.5. The number of carbonyl (C=O) groups is 2. The molecule has 0 aliphatic heterocycles. The molecule has 5 aromatic rings. The van der Waals surface area contributed by atoms with Crippen LogP contribution >= 0.6 is 0 Å². The first kappa shape index (κ1) is 29.7. The van der Waals surface area contributed by atoms with Crippen molar-refractivity contribution in [3.8, 4) is 34.5 Å². The lowest BCUT2D eigenvalue weighted by Gasteiger charge is -2.14. The molecule has 0 bridgehead atoms. The van der Waals surface area contributed by atoms with Gasteiger partial charge in [-0.25, -0.2) is 18.4 Å². The Morgan fingerprint density at radius 3 is 1.09 bits per heavy atom. The van der Waals surface area contributed by atoms with Crippen LogP contribution in [0.1, 0.15) is 20.7 Å². The van der Waals surface area contributed by atoms with Crippen LogP contribution in [0.3, 0.4) is 0 Å². The Labute approximate surface area is 244 Å². The van der Waals surface area contributed by atoms with Crippen LogP contribution in [0.25, 0.3) is 0 Å². The Kier molecular flexibility index (Phi) is 8.51. The highest BCUT2D eigenvalue weighted by Gasteiger charge is 2.29. The molecule has 0 saturated heterocycles. The van der Waals surface area contributed by atoms with Crippen LogP contribution in [0.2, 0.25) is 0 Å². The first-order valence-corrected chi connectivity index (χ1v) is 12.5. The van der Waals surface area contributed by atoms with Crippen molar-refractivity contribution in [2.75, 3.05) is 0 Å². The number of ether oxygens (including phenoxy) is 4. The molecule has 6 nitrogen and oxygen atoms in total. The summed E-state index contributed by atoms with van der Waals surface area (Å²) in [7, 11) is 0. The van der Waals surface area contributed by atoms with Crippen LogP contribution < -0.4 is 18.9 Å². The maximum Gasteiger partial charge on any atom is 0.343 e. The lowest BCUT2D eigenvalue weighted by atomic mass is 10.2. The standard InChI is InChI=1S/C32H16F6O6/c33-19-11-7-17(8-12-19)31(39)43-23-5-1-3-21(15-23)41-29-25(35)27(37)30(28(38)26(29)36)42-22-4-2-6-24(16-22)44-32(40)18-9-13-20(34)14-10-18/h1-16H. The quantitative estimate of drug-likeness (QED) is 0.0759. The van der Waals surface area contributed by atoms with E-state index in [9.17, 15) is 35.9 Å². The van der Waals surface area contributed by atoms with Crippen LogP contribution in [0.4, 0.5) is 26.3 Å². The molecule has 0 radical (unpaired) electrons. The minimum absolute atomic E-state index is 0.00567. The molecule has 0 amide bonds. The number of carbonyl (C=O) groups excluding carboxylic acids is 2. The number of rotatable bonds is 8. The first-order chi connectivity index (χ1) is 21.1. The molecule has 222 valence electrons. The van der Waals surface area contributed by atoms with Gasteiger partial charge in [-0.3, -0.25) is 0 Å². The van der Waals surface area contributed by atoms with Crippen LogP contribution in [-0.2, 0) is 0 Å². The fourth-order valence-corrected chi connectivity index (χ4v) is 3.71. The summed E-state index contributed by atoms with van der Waals surface area (Å²) in [5.74, 6) is -14.6. The van der Waals surface area contributed by atoms with Crippen LogP contribution in [-0.4, -0.2) is 11.9 Å². The second kappa shape index (κ2) is 12.6. The van der Waals surface area contributed by atoms with Crippen LogP contribution in [0.5, 0.6) is 34.5 Å². The number of halogens is 6. The van der Waals surface area contributed by atoms with Gasteiger partial charge in [-0.2, -0.15) is 17.6 Å². The zero-order valence-electron chi connectivity index (χ0n) is 22.0.